The number of likely N-dealkylation sites (tertiary alicyclic amines) is 1. The van der Waals surface area contributed by atoms with Gasteiger partial charge in [0.2, 0.25) is 0 Å². The molecule has 3 heterocycles. The summed E-state index contributed by atoms with van der Waals surface area (Å²) in [6, 6.07) is 16.6. The Balaban J connectivity index is 1.19. The molecule has 2 fully saturated rings. The number of carbonyl (C=O) groups is 1. The van der Waals surface area contributed by atoms with E-state index in [1.165, 1.54) is 5.56 Å². The van der Waals surface area contributed by atoms with Crippen LogP contribution in [-0.2, 0) is 16.6 Å². The summed E-state index contributed by atoms with van der Waals surface area (Å²) >= 11 is 0. The van der Waals surface area contributed by atoms with Crippen LogP contribution in [0.3, 0.4) is 0 Å². The summed E-state index contributed by atoms with van der Waals surface area (Å²) in [5.74, 6) is 0.0452. The molecule has 0 amide bonds. The van der Waals surface area contributed by atoms with E-state index in [4.69, 9.17) is 4.74 Å². The molecule has 6 rings (SSSR count). The van der Waals surface area contributed by atoms with Gasteiger partial charge in [0.25, 0.3) is 0 Å². The van der Waals surface area contributed by atoms with Crippen molar-refractivity contribution in [2.75, 3.05) is 45.9 Å². The number of benzene rings is 2. The van der Waals surface area contributed by atoms with E-state index in [2.05, 4.69) is 52.9 Å². The number of carbonyl (C=O) groups excluding carboxylic acids is 1. The minimum absolute atomic E-state index is 0.0452. The van der Waals surface area contributed by atoms with Gasteiger partial charge in [-0.2, -0.15) is 10.5 Å². The molecule has 194 valence electrons. The number of nitrogens with zero attached hydrogens (tertiary/aromatic N) is 4. The summed E-state index contributed by atoms with van der Waals surface area (Å²) in [5, 5.41) is 20.2. The van der Waals surface area contributed by atoms with E-state index in [0.717, 1.165) is 85.3 Å². The van der Waals surface area contributed by atoms with E-state index in [1.807, 2.05) is 18.2 Å². The number of aromatic nitrogens is 1. The fraction of sp³-hybridized carbons (Fsp3) is 0.452. The summed E-state index contributed by atoms with van der Waals surface area (Å²) in [6.07, 6.45) is 2.64. The van der Waals surface area contributed by atoms with Crippen molar-refractivity contribution in [3.05, 3.63) is 69.9 Å². The van der Waals surface area contributed by atoms with Crippen LogP contribution in [0.25, 0.3) is 10.9 Å². The Labute approximate surface area is 223 Å². The molecule has 2 saturated heterocycles. The minimum atomic E-state index is -0.365. The molecule has 3 aromatic rings. The maximum absolute atomic E-state index is 13.6. The van der Waals surface area contributed by atoms with Crippen LogP contribution in [0.4, 0.5) is 0 Å². The summed E-state index contributed by atoms with van der Waals surface area (Å²) < 4.78 is 5.50. The monoisotopic (exact) mass is 507 g/mol. The molecule has 0 spiro atoms. The highest BCUT2D eigenvalue weighted by Crippen LogP contribution is 2.44. The Bertz CT molecular complexity index is 1490. The first-order valence-electron chi connectivity index (χ1n) is 13.6. The number of ether oxygens (including phenoxy) is 1. The lowest BCUT2D eigenvalue weighted by molar-refractivity contribution is -0.0242. The number of hydrogen-bond acceptors (Lipinski definition) is 6. The fourth-order valence-electron chi connectivity index (χ4n) is 6.63. The summed E-state index contributed by atoms with van der Waals surface area (Å²) in [5.41, 5.74) is 5.37. The SMILES string of the molecule is CC1(C)c2cc(CCN3CCC(C#N)(N4CCOCC4)CC3)ccc2C(=O)c2c1[nH]c1cc(C#N)ccc21. The van der Waals surface area contributed by atoms with Crippen LogP contribution in [0.5, 0.6) is 0 Å². The Morgan fingerprint density at radius 3 is 2.50 bits per heavy atom. The van der Waals surface area contributed by atoms with E-state index in [9.17, 15) is 15.3 Å². The lowest BCUT2D eigenvalue weighted by Crippen LogP contribution is -2.57. The van der Waals surface area contributed by atoms with E-state index in [-0.39, 0.29) is 16.7 Å². The van der Waals surface area contributed by atoms with Gasteiger partial charge in [-0.3, -0.25) is 9.69 Å². The first-order chi connectivity index (χ1) is 18.4. The predicted octanol–water partition coefficient (Wildman–Crippen LogP) is 4.14. The number of piperidine rings is 1. The molecule has 3 aliphatic rings. The first kappa shape index (κ1) is 24.8. The number of H-pyrrole nitrogens is 1. The molecule has 0 bridgehead atoms. The average Bonchev–Trinajstić information content (AvgIpc) is 3.36. The normalized spacial score (nSPS) is 20.9. The molecule has 7 nitrogen and oxygen atoms in total. The van der Waals surface area contributed by atoms with Crippen LogP contribution >= 0.6 is 0 Å². The molecule has 1 N–H and O–H groups in total. The number of hydrogen-bond donors (Lipinski definition) is 1. The third-order valence-corrected chi connectivity index (χ3v) is 9.01. The molecule has 1 aromatic heterocycles. The van der Waals surface area contributed by atoms with Crippen LogP contribution in [0.2, 0.25) is 0 Å². The van der Waals surface area contributed by atoms with Gasteiger partial charge in [-0.05, 0) is 42.5 Å². The number of aromatic amines is 1. The molecule has 1 aliphatic carbocycles. The highest BCUT2D eigenvalue weighted by molar-refractivity contribution is 6.20. The van der Waals surface area contributed by atoms with Gasteiger partial charge in [0.1, 0.15) is 5.54 Å². The second-order valence-electron chi connectivity index (χ2n) is 11.4. The third-order valence-electron chi connectivity index (χ3n) is 9.01. The Kier molecular flexibility index (Phi) is 6.12. The Hall–Kier alpha value is -3.49. The van der Waals surface area contributed by atoms with Crippen molar-refractivity contribution >= 4 is 16.7 Å². The molecule has 0 saturated carbocycles. The summed E-state index contributed by atoms with van der Waals surface area (Å²) in [7, 11) is 0. The van der Waals surface area contributed by atoms with Gasteiger partial charge in [0.05, 0.1) is 36.5 Å². The topological polar surface area (TPSA) is 96.2 Å². The lowest BCUT2D eigenvalue weighted by atomic mass is 9.71. The number of ketones is 1. The van der Waals surface area contributed by atoms with Crippen LogP contribution in [-0.4, -0.2) is 72.0 Å². The van der Waals surface area contributed by atoms with Crippen molar-refractivity contribution < 1.29 is 9.53 Å². The number of nitrogens with one attached hydrogen (secondary N) is 1. The number of fused-ring (bicyclic) bond motifs is 4. The molecule has 0 unspecified atom stereocenters. The molecular weight excluding hydrogens is 474 g/mol. The molecular formula is C31H33N5O2. The largest absolute Gasteiger partial charge is 0.379 e. The fourth-order valence-corrected chi connectivity index (χ4v) is 6.63. The zero-order valence-electron chi connectivity index (χ0n) is 22.1. The van der Waals surface area contributed by atoms with Crippen molar-refractivity contribution in [3.8, 4) is 12.1 Å². The standard InChI is InChI=1S/C31H33N5O2/c1-30(2)25-17-21(7-10-35-11-8-31(20-33,9-12-35)36-13-15-38-16-14-36)3-5-23(25)28(37)27-24-6-4-22(19-32)18-26(24)34-29(27)30/h3-6,17-18,34H,7-16H2,1-2H3. The second kappa shape index (κ2) is 9.36. The maximum Gasteiger partial charge on any atom is 0.195 e. The van der Waals surface area contributed by atoms with Gasteiger partial charge in [-0.25, -0.2) is 0 Å². The van der Waals surface area contributed by atoms with E-state index in [0.29, 0.717) is 18.8 Å². The minimum Gasteiger partial charge on any atom is -0.379 e. The Morgan fingerprint density at radius 1 is 1.03 bits per heavy atom. The van der Waals surface area contributed by atoms with Gasteiger partial charge in [0, 0.05) is 60.3 Å². The quantitative estimate of drug-likeness (QED) is 0.570. The van der Waals surface area contributed by atoms with Gasteiger partial charge >= 0.3 is 0 Å². The number of rotatable bonds is 4. The maximum atomic E-state index is 13.6. The lowest BCUT2D eigenvalue weighted by Gasteiger charge is -2.45. The van der Waals surface area contributed by atoms with E-state index >= 15 is 0 Å². The van der Waals surface area contributed by atoms with E-state index in [1.54, 1.807) is 6.07 Å². The van der Waals surface area contributed by atoms with Gasteiger partial charge in [-0.1, -0.05) is 38.1 Å². The molecule has 0 atom stereocenters. The van der Waals surface area contributed by atoms with Crippen molar-refractivity contribution in [2.24, 2.45) is 0 Å². The molecule has 2 aromatic carbocycles. The highest BCUT2D eigenvalue weighted by atomic mass is 16.5. The zero-order valence-corrected chi connectivity index (χ0v) is 22.1. The molecule has 38 heavy (non-hydrogen) atoms. The zero-order chi connectivity index (χ0) is 26.5. The average molecular weight is 508 g/mol. The summed E-state index contributed by atoms with van der Waals surface area (Å²) in [6.45, 7) is 10.2. The molecule has 2 aliphatic heterocycles. The third kappa shape index (κ3) is 3.94. The van der Waals surface area contributed by atoms with Crippen molar-refractivity contribution in [1.29, 1.82) is 10.5 Å². The van der Waals surface area contributed by atoms with Crippen LogP contribution in [0, 0.1) is 22.7 Å². The highest BCUT2D eigenvalue weighted by Gasteiger charge is 2.41. The number of nitriles is 2. The van der Waals surface area contributed by atoms with Crippen molar-refractivity contribution in [2.45, 2.75) is 44.1 Å². The second-order valence-corrected chi connectivity index (χ2v) is 11.4. The van der Waals surface area contributed by atoms with Gasteiger partial charge in [-0.15, -0.1) is 0 Å². The van der Waals surface area contributed by atoms with Gasteiger partial charge < -0.3 is 14.6 Å². The van der Waals surface area contributed by atoms with Gasteiger partial charge in [0.15, 0.2) is 5.78 Å². The van der Waals surface area contributed by atoms with E-state index < -0.39 is 0 Å². The van der Waals surface area contributed by atoms with Crippen LogP contribution in [0.15, 0.2) is 36.4 Å². The number of morpholine rings is 1. The van der Waals surface area contributed by atoms with Crippen molar-refractivity contribution in [1.82, 2.24) is 14.8 Å². The molecule has 7 heteroatoms. The van der Waals surface area contributed by atoms with Crippen molar-refractivity contribution in [3.63, 3.8) is 0 Å². The smallest absolute Gasteiger partial charge is 0.195 e. The summed E-state index contributed by atoms with van der Waals surface area (Å²) in [4.78, 5) is 21.9. The van der Waals surface area contributed by atoms with Crippen LogP contribution in [0.1, 0.15) is 65.0 Å². The van der Waals surface area contributed by atoms with Crippen LogP contribution < -0.4 is 0 Å². The predicted molar refractivity (Wildman–Crippen MR) is 145 cm³/mol. The Morgan fingerprint density at radius 2 is 1.79 bits per heavy atom. The first-order valence-corrected chi connectivity index (χ1v) is 13.6. The molecule has 0 radical (unpaired) electrons.